The summed E-state index contributed by atoms with van der Waals surface area (Å²) in [4.78, 5) is 13.7. The second-order valence-electron chi connectivity index (χ2n) is 5.54. The van der Waals surface area contributed by atoms with Gasteiger partial charge in [0.05, 0.1) is 0 Å². The number of aliphatic carboxylic acids is 1. The molecule has 0 rings (SSSR count). The van der Waals surface area contributed by atoms with Crippen LogP contribution in [-0.2, 0) is 4.79 Å². The topological polar surface area (TPSA) is 52.6 Å². The summed E-state index contributed by atoms with van der Waals surface area (Å²) in [6.07, 6.45) is 6.49. The maximum atomic E-state index is 11.2. The van der Waals surface area contributed by atoms with Crippen LogP contribution in [0.3, 0.4) is 0 Å². The Labute approximate surface area is 118 Å². The second kappa shape index (κ2) is 10.2. The monoisotopic (exact) mass is 272 g/mol. The van der Waals surface area contributed by atoms with Crippen molar-refractivity contribution in [3.63, 3.8) is 0 Å². The molecule has 0 aliphatic heterocycles. The van der Waals surface area contributed by atoms with E-state index in [1.54, 1.807) is 14.0 Å². The van der Waals surface area contributed by atoms with E-state index in [1.165, 1.54) is 25.7 Å². The number of hydrogen-bond donors (Lipinski definition) is 2. The first-order valence-electron chi connectivity index (χ1n) is 7.64. The predicted molar refractivity (Wildman–Crippen MR) is 80.6 cm³/mol. The van der Waals surface area contributed by atoms with Crippen molar-refractivity contribution < 1.29 is 9.90 Å². The lowest BCUT2D eigenvalue weighted by Gasteiger charge is -2.27. The third-order valence-electron chi connectivity index (χ3n) is 3.83. The van der Waals surface area contributed by atoms with Gasteiger partial charge < -0.3 is 15.3 Å². The molecule has 0 saturated carbocycles. The smallest absolute Gasteiger partial charge is 0.323 e. The highest BCUT2D eigenvalue weighted by Crippen LogP contribution is 2.13. The van der Waals surface area contributed by atoms with Crippen LogP contribution >= 0.6 is 0 Å². The van der Waals surface area contributed by atoms with Gasteiger partial charge in [-0.05, 0) is 59.3 Å². The van der Waals surface area contributed by atoms with Crippen molar-refractivity contribution >= 4 is 5.97 Å². The lowest BCUT2D eigenvalue weighted by molar-refractivity contribution is -0.144. The molecular weight excluding hydrogens is 240 g/mol. The minimum atomic E-state index is -0.790. The fourth-order valence-corrected chi connectivity index (χ4v) is 2.09. The summed E-state index contributed by atoms with van der Waals surface area (Å²) >= 11 is 0. The van der Waals surface area contributed by atoms with E-state index >= 15 is 0 Å². The molecule has 0 aromatic rings. The van der Waals surface area contributed by atoms with Crippen LogP contribution in [0.5, 0.6) is 0 Å². The van der Waals surface area contributed by atoms with Crippen molar-refractivity contribution in [2.45, 2.75) is 64.8 Å². The molecule has 0 fully saturated rings. The Morgan fingerprint density at radius 3 is 1.95 bits per heavy atom. The molecule has 19 heavy (non-hydrogen) atoms. The number of rotatable bonds is 12. The molecule has 0 aliphatic carbocycles. The normalized spacial score (nSPS) is 14.6. The first kappa shape index (κ1) is 18.4. The van der Waals surface area contributed by atoms with Gasteiger partial charge >= 0.3 is 5.97 Å². The van der Waals surface area contributed by atoms with Crippen molar-refractivity contribution in [1.29, 1.82) is 0 Å². The van der Waals surface area contributed by atoms with Gasteiger partial charge in [0.15, 0.2) is 0 Å². The van der Waals surface area contributed by atoms with Crippen LogP contribution in [0, 0.1) is 0 Å². The number of unbranched alkanes of at least 4 members (excludes halogenated alkanes) is 2. The van der Waals surface area contributed by atoms with Crippen LogP contribution in [0.4, 0.5) is 0 Å². The zero-order valence-electron chi connectivity index (χ0n) is 13.2. The van der Waals surface area contributed by atoms with Crippen LogP contribution in [0.2, 0.25) is 0 Å². The minimum absolute atomic E-state index is 0.674. The maximum absolute atomic E-state index is 11.2. The summed E-state index contributed by atoms with van der Waals surface area (Å²) in [5, 5.41) is 12.1. The first-order chi connectivity index (χ1) is 9.00. The summed E-state index contributed by atoms with van der Waals surface area (Å²) in [5.41, 5.74) is -0.790. The largest absolute Gasteiger partial charge is 0.480 e. The molecule has 0 aliphatic rings. The molecule has 0 aromatic carbocycles. The first-order valence-corrected chi connectivity index (χ1v) is 7.64. The van der Waals surface area contributed by atoms with Gasteiger partial charge in [-0.15, -0.1) is 0 Å². The van der Waals surface area contributed by atoms with E-state index < -0.39 is 11.5 Å². The Bertz CT molecular complexity index is 238. The molecule has 0 saturated heterocycles. The van der Waals surface area contributed by atoms with E-state index in [9.17, 15) is 9.90 Å². The molecule has 0 amide bonds. The van der Waals surface area contributed by atoms with Gasteiger partial charge in [-0.1, -0.05) is 26.7 Å². The SMILES string of the molecule is CCCCN(CCCC)CCCC(C)(NC)C(=O)O. The van der Waals surface area contributed by atoms with Gasteiger partial charge in [-0.2, -0.15) is 0 Å². The Hall–Kier alpha value is -0.610. The van der Waals surface area contributed by atoms with Crippen LogP contribution in [-0.4, -0.2) is 48.2 Å². The highest BCUT2D eigenvalue weighted by atomic mass is 16.4. The highest BCUT2D eigenvalue weighted by molar-refractivity contribution is 5.78. The van der Waals surface area contributed by atoms with Crippen molar-refractivity contribution in [3.05, 3.63) is 0 Å². The van der Waals surface area contributed by atoms with E-state index in [0.717, 1.165) is 26.1 Å². The van der Waals surface area contributed by atoms with Crippen molar-refractivity contribution in [2.75, 3.05) is 26.7 Å². The number of hydrogen-bond acceptors (Lipinski definition) is 3. The van der Waals surface area contributed by atoms with Crippen LogP contribution in [0.25, 0.3) is 0 Å². The maximum Gasteiger partial charge on any atom is 0.323 e. The summed E-state index contributed by atoms with van der Waals surface area (Å²) in [6, 6.07) is 0. The molecule has 0 radical (unpaired) electrons. The van der Waals surface area contributed by atoms with E-state index in [2.05, 4.69) is 24.1 Å². The molecule has 0 bridgehead atoms. The highest BCUT2D eigenvalue weighted by Gasteiger charge is 2.30. The fourth-order valence-electron chi connectivity index (χ4n) is 2.09. The van der Waals surface area contributed by atoms with Crippen molar-refractivity contribution in [2.24, 2.45) is 0 Å². The molecule has 114 valence electrons. The quantitative estimate of drug-likeness (QED) is 0.573. The van der Waals surface area contributed by atoms with Gasteiger partial charge in [-0.25, -0.2) is 0 Å². The minimum Gasteiger partial charge on any atom is -0.480 e. The van der Waals surface area contributed by atoms with E-state index in [0.29, 0.717) is 6.42 Å². The van der Waals surface area contributed by atoms with E-state index in [4.69, 9.17) is 0 Å². The average molecular weight is 272 g/mol. The van der Waals surface area contributed by atoms with Gasteiger partial charge in [0.1, 0.15) is 5.54 Å². The number of likely N-dealkylation sites (N-methyl/N-ethyl adjacent to an activating group) is 1. The standard InChI is InChI=1S/C15H32N2O2/c1-5-7-11-17(12-8-6-2)13-9-10-15(3,16-4)14(18)19/h16H,5-13H2,1-4H3,(H,18,19). The molecule has 0 spiro atoms. The lowest BCUT2D eigenvalue weighted by atomic mass is 9.96. The molecule has 4 heteroatoms. The molecule has 0 heterocycles. The summed E-state index contributed by atoms with van der Waals surface area (Å²) in [7, 11) is 1.72. The van der Waals surface area contributed by atoms with E-state index in [1.807, 2.05) is 0 Å². The predicted octanol–water partition coefficient (Wildman–Crippen LogP) is 2.73. The van der Waals surface area contributed by atoms with Gasteiger partial charge in [0.25, 0.3) is 0 Å². The molecule has 0 aromatic heterocycles. The number of nitrogens with zero attached hydrogens (tertiary/aromatic N) is 1. The van der Waals surface area contributed by atoms with Crippen LogP contribution in [0.15, 0.2) is 0 Å². The van der Waals surface area contributed by atoms with Gasteiger partial charge in [-0.3, -0.25) is 4.79 Å². The molecular formula is C15H32N2O2. The van der Waals surface area contributed by atoms with Crippen molar-refractivity contribution in [3.8, 4) is 0 Å². The Kier molecular flexibility index (Phi) is 9.88. The van der Waals surface area contributed by atoms with E-state index in [-0.39, 0.29) is 0 Å². The molecule has 1 atom stereocenters. The number of carboxylic acid groups (broad SMARTS) is 1. The zero-order chi connectivity index (χ0) is 14.7. The van der Waals surface area contributed by atoms with Crippen LogP contribution in [0.1, 0.15) is 59.3 Å². The average Bonchev–Trinajstić information content (AvgIpc) is 2.40. The molecule has 1 unspecified atom stereocenters. The summed E-state index contributed by atoms with van der Waals surface area (Å²) in [5.74, 6) is -0.760. The fraction of sp³-hybridized carbons (Fsp3) is 0.933. The molecule has 2 N–H and O–H groups in total. The zero-order valence-corrected chi connectivity index (χ0v) is 13.2. The Balaban J connectivity index is 4.11. The molecule has 4 nitrogen and oxygen atoms in total. The number of carbonyl (C=O) groups is 1. The lowest BCUT2D eigenvalue weighted by Crippen LogP contribution is -2.47. The van der Waals surface area contributed by atoms with Gasteiger partial charge in [0, 0.05) is 0 Å². The summed E-state index contributed by atoms with van der Waals surface area (Å²) < 4.78 is 0. The summed E-state index contributed by atoms with van der Waals surface area (Å²) in [6.45, 7) is 9.46. The third kappa shape index (κ3) is 7.53. The number of nitrogens with one attached hydrogen (secondary N) is 1. The van der Waals surface area contributed by atoms with Gasteiger partial charge in [0.2, 0.25) is 0 Å². The Morgan fingerprint density at radius 1 is 1.11 bits per heavy atom. The number of carboxylic acids is 1. The van der Waals surface area contributed by atoms with Crippen LogP contribution < -0.4 is 5.32 Å². The second-order valence-corrected chi connectivity index (χ2v) is 5.54. The Morgan fingerprint density at radius 2 is 1.58 bits per heavy atom. The van der Waals surface area contributed by atoms with Crippen molar-refractivity contribution in [1.82, 2.24) is 10.2 Å². The third-order valence-corrected chi connectivity index (χ3v) is 3.83.